The molecule has 0 spiro atoms. The van der Waals surface area contributed by atoms with Crippen LogP contribution in [0.3, 0.4) is 0 Å². The molecular formula is C28H42N2O6. The number of fused-ring (bicyclic) bond motifs is 5. The molecule has 0 unspecified atom stereocenters. The van der Waals surface area contributed by atoms with Gasteiger partial charge in [-0.25, -0.2) is 4.79 Å². The Labute approximate surface area is 214 Å². The maximum absolute atomic E-state index is 12.6. The molecule has 3 fully saturated rings. The van der Waals surface area contributed by atoms with E-state index < -0.39 is 23.6 Å². The second-order valence-electron chi connectivity index (χ2n) is 12.7. The normalized spacial score (nSPS) is 35.5. The highest BCUT2D eigenvalue weighted by atomic mass is 16.6. The van der Waals surface area contributed by atoms with E-state index in [2.05, 4.69) is 24.5 Å². The zero-order valence-corrected chi connectivity index (χ0v) is 22.4. The number of hydrogen-bond acceptors (Lipinski definition) is 6. The Morgan fingerprint density at radius 2 is 1.72 bits per heavy atom. The van der Waals surface area contributed by atoms with E-state index in [-0.39, 0.29) is 35.8 Å². The van der Waals surface area contributed by atoms with Gasteiger partial charge in [0.1, 0.15) is 24.8 Å². The van der Waals surface area contributed by atoms with Gasteiger partial charge in [0.25, 0.3) is 0 Å². The molecule has 0 radical (unpaired) electrons. The van der Waals surface area contributed by atoms with Crippen LogP contribution in [0.25, 0.3) is 0 Å². The van der Waals surface area contributed by atoms with Gasteiger partial charge in [-0.05, 0) is 95.0 Å². The summed E-state index contributed by atoms with van der Waals surface area (Å²) >= 11 is 0. The Morgan fingerprint density at radius 3 is 2.44 bits per heavy atom. The van der Waals surface area contributed by atoms with E-state index in [9.17, 15) is 19.2 Å². The van der Waals surface area contributed by atoms with Crippen molar-refractivity contribution in [3.05, 3.63) is 11.6 Å². The number of hydrogen-bond donors (Lipinski definition) is 2. The lowest BCUT2D eigenvalue weighted by atomic mass is 9.47. The average Bonchev–Trinajstić information content (AvgIpc) is 3.11. The molecule has 0 aromatic heterocycles. The van der Waals surface area contributed by atoms with Crippen molar-refractivity contribution in [1.29, 1.82) is 0 Å². The van der Waals surface area contributed by atoms with E-state index in [0.29, 0.717) is 24.2 Å². The van der Waals surface area contributed by atoms with Crippen LogP contribution in [0.1, 0.15) is 86.0 Å². The topological polar surface area (TPSA) is 111 Å². The number of nitrogens with one attached hydrogen (secondary N) is 2. The van der Waals surface area contributed by atoms with Crippen LogP contribution in [0.2, 0.25) is 0 Å². The lowest BCUT2D eigenvalue weighted by molar-refractivity contribution is -0.159. The summed E-state index contributed by atoms with van der Waals surface area (Å²) < 4.78 is 11.0. The summed E-state index contributed by atoms with van der Waals surface area (Å²) in [6, 6.07) is 0. The molecule has 36 heavy (non-hydrogen) atoms. The Hall–Kier alpha value is -2.38. The summed E-state index contributed by atoms with van der Waals surface area (Å²) in [6.07, 6.45) is 8.85. The van der Waals surface area contributed by atoms with E-state index >= 15 is 0 Å². The van der Waals surface area contributed by atoms with Gasteiger partial charge in [0.15, 0.2) is 5.78 Å². The van der Waals surface area contributed by atoms with Gasteiger partial charge in [0.2, 0.25) is 5.91 Å². The summed E-state index contributed by atoms with van der Waals surface area (Å²) in [5.41, 5.74) is 0.787. The third kappa shape index (κ3) is 5.32. The van der Waals surface area contributed by atoms with Crippen molar-refractivity contribution in [3.63, 3.8) is 0 Å². The number of alkyl carbamates (subject to hydrolysis) is 1. The molecule has 0 heterocycles. The minimum atomic E-state index is -0.681. The molecule has 2 N–H and O–H groups in total. The highest BCUT2D eigenvalue weighted by Gasteiger charge is 2.59. The zero-order valence-electron chi connectivity index (χ0n) is 22.4. The molecule has 0 aliphatic heterocycles. The van der Waals surface area contributed by atoms with Crippen LogP contribution in [-0.4, -0.2) is 48.5 Å². The quantitative estimate of drug-likeness (QED) is 0.548. The molecule has 0 aromatic rings. The second kappa shape index (κ2) is 9.82. The van der Waals surface area contributed by atoms with Crippen molar-refractivity contribution in [1.82, 2.24) is 10.6 Å². The van der Waals surface area contributed by atoms with Crippen molar-refractivity contribution in [3.8, 4) is 0 Å². The molecular weight excluding hydrogens is 460 g/mol. The summed E-state index contributed by atoms with van der Waals surface area (Å²) in [6.45, 7) is 9.38. The first-order chi connectivity index (χ1) is 16.8. The van der Waals surface area contributed by atoms with E-state index in [4.69, 9.17) is 9.47 Å². The Kier molecular flexibility index (Phi) is 7.28. The monoisotopic (exact) mass is 502 g/mol. The van der Waals surface area contributed by atoms with Crippen LogP contribution in [0, 0.1) is 28.6 Å². The van der Waals surface area contributed by atoms with Crippen molar-refractivity contribution < 1.29 is 28.7 Å². The Morgan fingerprint density at radius 1 is 0.972 bits per heavy atom. The van der Waals surface area contributed by atoms with E-state index in [0.717, 1.165) is 44.9 Å². The molecule has 3 saturated carbocycles. The highest BCUT2D eigenvalue weighted by molar-refractivity contribution is 5.91. The molecule has 200 valence electrons. The number of carbonyl (C=O) groups is 4. The standard InChI is InChI=1S/C28H42N2O6/c1-26(2,3)36-25(34)30-15-23(32)29-16-24(33)35-22-9-8-20-19-7-6-17-14-18(31)10-12-27(17,4)21(19)11-13-28(20,22)5/h14,19-22H,6-13,15-16H2,1-5H3,(H,29,32)(H,30,34)/t19-,20-,21-,22-,27-,28-/m0/s1. The van der Waals surface area contributed by atoms with Crippen LogP contribution in [-0.2, 0) is 23.9 Å². The fourth-order valence-electron chi connectivity index (χ4n) is 7.61. The van der Waals surface area contributed by atoms with Crippen molar-refractivity contribution in [2.45, 2.75) is 97.7 Å². The van der Waals surface area contributed by atoms with Crippen LogP contribution in [0.5, 0.6) is 0 Å². The summed E-state index contributed by atoms with van der Waals surface area (Å²) in [7, 11) is 0. The maximum Gasteiger partial charge on any atom is 0.408 e. The van der Waals surface area contributed by atoms with Gasteiger partial charge in [-0.3, -0.25) is 14.4 Å². The lowest BCUT2D eigenvalue weighted by Gasteiger charge is -2.57. The predicted octanol–water partition coefficient (Wildman–Crippen LogP) is 4.07. The molecule has 4 rings (SSSR count). The van der Waals surface area contributed by atoms with E-state index in [1.807, 2.05) is 6.08 Å². The molecule has 2 amide bonds. The average molecular weight is 503 g/mol. The maximum atomic E-state index is 12.6. The smallest absolute Gasteiger partial charge is 0.408 e. The number of amides is 2. The van der Waals surface area contributed by atoms with Gasteiger partial charge >= 0.3 is 12.1 Å². The van der Waals surface area contributed by atoms with Gasteiger partial charge in [0.05, 0.1) is 0 Å². The first-order valence-corrected chi connectivity index (χ1v) is 13.5. The van der Waals surface area contributed by atoms with Gasteiger partial charge in [-0.15, -0.1) is 0 Å². The predicted molar refractivity (Wildman–Crippen MR) is 134 cm³/mol. The zero-order chi connectivity index (χ0) is 26.3. The third-order valence-corrected chi connectivity index (χ3v) is 9.37. The highest BCUT2D eigenvalue weighted by Crippen LogP contribution is 2.65. The van der Waals surface area contributed by atoms with Gasteiger partial charge in [-0.2, -0.15) is 0 Å². The minimum absolute atomic E-state index is 0.0544. The van der Waals surface area contributed by atoms with Crippen LogP contribution in [0.15, 0.2) is 11.6 Å². The molecule has 8 heteroatoms. The molecule has 0 aromatic carbocycles. The van der Waals surface area contributed by atoms with E-state index in [1.54, 1.807) is 20.8 Å². The fourth-order valence-corrected chi connectivity index (χ4v) is 7.61. The number of carbonyl (C=O) groups excluding carboxylic acids is 4. The van der Waals surface area contributed by atoms with Crippen LogP contribution >= 0.6 is 0 Å². The third-order valence-electron chi connectivity index (χ3n) is 9.37. The number of ether oxygens (including phenoxy) is 2. The van der Waals surface area contributed by atoms with E-state index in [1.165, 1.54) is 5.57 Å². The van der Waals surface area contributed by atoms with Gasteiger partial charge in [0, 0.05) is 11.8 Å². The van der Waals surface area contributed by atoms with Gasteiger partial charge in [-0.1, -0.05) is 19.4 Å². The van der Waals surface area contributed by atoms with Crippen molar-refractivity contribution in [2.24, 2.45) is 28.6 Å². The minimum Gasteiger partial charge on any atom is -0.460 e. The fraction of sp³-hybridized carbons (Fsp3) is 0.786. The lowest BCUT2D eigenvalue weighted by Crippen LogP contribution is -2.52. The Balaban J connectivity index is 1.29. The number of ketones is 1. The number of allylic oxidation sites excluding steroid dienone is 1. The number of esters is 1. The first-order valence-electron chi connectivity index (χ1n) is 13.5. The Bertz CT molecular complexity index is 952. The van der Waals surface area contributed by atoms with Crippen molar-refractivity contribution in [2.75, 3.05) is 13.1 Å². The molecule has 0 saturated heterocycles. The first kappa shape index (κ1) is 26.7. The van der Waals surface area contributed by atoms with Crippen molar-refractivity contribution >= 4 is 23.8 Å². The summed E-state index contributed by atoms with van der Waals surface area (Å²) in [4.78, 5) is 48.4. The number of rotatable bonds is 5. The largest absolute Gasteiger partial charge is 0.460 e. The summed E-state index contributed by atoms with van der Waals surface area (Å²) in [5.74, 6) is 1.07. The molecule has 0 bridgehead atoms. The molecule has 4 aliphatic rings. The van der Waals surface area contributed by atoms with Gasteiger partial charge < -0.3 is 20.1 Å². The van der Waals surface area contributed by atoms with Crippen LogP contribution < -0.4 is 10.6 Å². The molecule has 8 nitrogen and oxygen atoms in total. The summed E-state index contributed by atoms with van der Waals surface area (Å²) in [5, 5.41) is 4.91. The SMILES string of the molecule is CC(C)(C)OC(=O)NCC(=O)NCC(=O)O[C@H]1CC[C@H]2[C@@H]3CCC4=CC(=O)CC[C@]4(C)[C@H]3CC[C@]12C. The molecule has 6 atom stereocenters. The van der Waals surface area contributed by atoms with Crippen LogP contribution in [0.4, 0.5) is 4.79 Å². The molecule has 4 aliphatic carbocycles. The second-order valence-corrected chi connectivity index (χ2v) is 12.7.